The Kier molecular flexibility index (Phi) is 7.73. The Bertz CT molecular complexity index is 819. The Labute approximate surface area is 177 Å². The Morgan fingerprint density at radius 3 is 1.45 bits per heavy atom. The summed E-state index contributed by atoms with van der Waals surface area (Å²) in [6.07, 6.45) is 0. The van der Waals surface area contributed by atoms with Gasteiger partial charge in [0.15, 0.2) is 5.11 Å². The second kappa shape index (κ2) is 10.0. The normalized spacial score (nSPS) is 10.2. The van der Waals surface area contributed by atoms with Crippen LogP contribution in [0.25, 0.3) is 0 Å². The molecule has 29 heavy (non-hydrogen) atoms. The molecule has 0 aliphatic carbocycles. The molecule has 0 aliphatic heterocycles. The molecule has 0 unspecified atom stereocenters. The van der Waals surface area contributed by atoms with Crippen molar-refractivity contribution in [1.29, 1.82) is 0 Å². The van der Waals surface area contributed by atoms with Crippen LogP contribution in [0.1, 0.15) is 22.3 Å². The number of carbonyl (C=O) groups excluding carboxylic acids is 2. The second-order valence-electron chi connectivity index (χ2n) is 7.04. The number of rotatable bonds is 6. The molecule has 7 heteroatoms. The average Bonchev–Trinajstić information content (AvgIpc) is 2.66. The smallest absolute Gasteiger partial charge is 0.244 e. The summed E-state index contributed by atoms with van der Waals surface area (Å²) < 4.78 is 0. The van der Waals surface area contributed by atoms with Crippen molar-refractivity contribution in [2.75, 3.05) is 30.8 Å². The highest BCUT2D eigenvalue weighted by Gasteiger charge is 2.19. The van der Waals surface area contributed by atoms with Gasteiger partial charge in [0.25, 0.3) is 0 Å². The summed E-state index contributed by atoms with van der Waals surface area (Å²) in [5.41, 5.74) is 5.49. The molecule has 2 amide bonds. The highest BCUT2D eigenvalue weighted by Crippen LogP contribution is 2.20. The van der Waals surface area contributed by atoms with Gasteiger partial charge < -0.3 is 20.9 Å². The van der Waals surface area contributed by atoms with Crippen LogP contribution < -0.4 is 16.0 Å². The summed E-state index contributed by atoms with van der Waals surface area (Å²) in [4.78, 5) is 26.8. The van der Waals surface area contributed by atoms with E-state index in [2.05, 4.69) is 16.0 Å². The number of carbonyl (C=O) groups is 2. The maximum Gasteiger partial charge on any atom is 0.244 e. The molecule has 0 bridgehead atoms. The van der Waals surface area contributed by atoms with Gasteiger partial charge in [0.05, 0.1) is 13.1 Å². The fourth-order valence-corrected chi connectivity index (χ4v) is 3.21. The largest absolute Gasteiger partial charge is 0.366 e. The first-order chi connectivity index (χ1) is 13.7. The average molecular weight is 413 g/mol. The number of hydrogen-bond donors (Lipinski definition) is 3. The first-order valence-electron chi connectivity index (χ1n) is 9.41. The summed E-state index contributed by atoms with van der Waals surface area (Å²) in [6.45, 7) is 7.70. The molecule has 154 valence electrons. The lowest BCUT2D eigenvalue weighted by molar-refractivity contribution is -0.118. The molecule has 0 saturated heterocycles. The fourth-order valence-electron chi connectivity index (χ4n) is 3.09. The number of para-hydroxylation sites is 2. The summed E-state index contributed by atoms with van der Waals surface area (Å²) in [5, 5.41) is 9.04. The zero-order valence-corrected chi connectivity index (χ0v) is 18.4. The van der Waals surface area contributed by atoms with Crippen molar-refractivity contribution in [3.8, 4) is 0 Å². The molecular weight excluding hydrogens is 384 g/mol. The van der Waals surface area contributed by atoms with Crippen LogP contribution in [0.4, 0.5) is 11.4 Å². The van der Waals surface area contributed by atoms with Gasteiger partial charge >= 0.3 is 0 Å². The van der Waals surface area contributed by atoms with Gasteiger partial charge in [-0.15, -0.1) is 0 Å². The van der Waals surface area contributed by atoms with E-state index >= 15 is 0 Å². The highest BCUT2D eigenvalue weighted by molar-refractivity contribution is 7.80. The van der Waals surface area contributed by atoms with Gasteiger partial charge in [0, 0.05) is 18.4 Å². The molecule has 0 radical (unpaired) electrons. The minimum absolute atomic E-state index is 0.0341. The van der Waals surface area contributed by atoms with E-state index in [9.17, 15) is 9.59 Å². The molecule has 2 aromatic carbocycles. The summed E-state index contributed by atoms with van der Waals surface area (Å²) in [5.74, 6) is -0.472. The van der Waals surface area contributed by atoms with Crippen molar-refractivity contribution in [3.63, 3.8) is 0 Å². The minimum atomic E-state index is -0.236. The highest BCUT2D eigenvalue weighted by atomic mass is 32.1. The van der Waals surface area contributed by atoms with Gasteiger partial charge in [-0.3, -0.25) is 9.59 Å². The molecule has 0 heterocycles. The van der Waals surface area contributed by atoms with Gasteiger partial charge in [-0.25, -0.2) is 0 Å². The molecule has 6 nitrogen and oxygen atoms in total. The lowest BCUT2D eigenvalue weighted by atomic mass is 10.1. The van der Waals surface area contributed by atoms with Gasteiger partial charge in [0.2, 0.25) is 11.8 Å². The third-order valence-electron chi connectivity index (χ3n) is 4.66. The SMILES string of the molecule is CNC(=S)N(CC(=O)Nc1c(C)cccc1C)CC(=O)Nc1c(C)cccc1C. The Balaban J connectivity index is 2.08. The molecule has 0 saturated carbocycles. The second-order valence-corrected chi connectivity index (χ2v) is 7.43. The quantitative estimate of drug-likeness (QED) is 0.635. The zero-order valence-electron chi connectivity index (χ0n) is 17.6. The lowest BCUT2D eigenvalue weighted by Gasteiger charge is -2.24. The van der Waals surface area contributed by atoms with Crippen molar-refractivity contribution in [2.45, 2.75) is 27.7 Å². The number of hydrogen-bond acceptors (Lipinski definition) is 3. The van der Waals surface area contributed by atoms with E-state index in [1.165, 1.54) is 0 Å². The molecule has 2 aromatic rings. The number of anilines is 2. The third kappa shape index (κ3) is 6.02. The first-order valence-corrected chi connectivity index (χ1v) is 9.82. The number of nitrogens with one attached hydrogen (secondary N) is 3. The maximum atomic E-state index is 12.6. The van der Waals surface area contributed by atoms with Crippen LogP contribution in [0.5, 0.6) is 0 Å². The van der Waals surface area contributed by atoms with E-state index in [0.29, 0.717) is 5.11 Å². The van der Waals surface area contributed by atoms with Crippen LogP contribution in [-0.4, -0.2) is 42.0 Å². The zero-order chi connectivity index (χ0) is 21.6. The van der Waals surface area contributed by atoms with E-state index < -0.39 is 0 Å². The predicted octanol–water partition coefficient (Wildman–Crippen LogP) is 3.30. The molecule has 3 N–H and O–H groups in total. The molecule has 0 aromatic heterocycles. The van der Waals surface area contributed by atoms with Crippen LogP contribution in [0.2, 0.25) is 0 Å². The maximum absolute atomic E-state index is 12.6. The molecule has 0 spiro atoms. The van der Waals surface area contributed by atoms with Crippen LogP contribution in [0.3, 0.4) is 0 Å². The van der Waals surface area contributed by atoms with Gasteiger partial charge in [0.1, 0.15) is 0 Å². The molecule has 0 atom stereocenters. The minimum Gasteiger partial charge on any atom is -0.366 e. The van der Waals surface area contributed by atoms with E-state index in [0.717, 1.165) is 33.6 Å². The molecule has 0 fully saturated rings. The fraction of sp³-hybridized carbons (Fsp3) is 0.318. The lowest BCUT2D eigenvalue weighted by Crippen LogP contribution is -2.46. The standard InChI is InChI=1S/C22H28N4O2S/c1-14-8-6-9-15(2)20(14)24-18(27)12-26(22(29)23-5)13-19(28)25-21-16(3)10-7-11-17(21)4/h6-11H,12-13H2,1-5H3,(H,23,29)(H,24,27)(H,25,28). The van der Waals surface area contributed by atoms with E-state index in [-0.39, 0.29) is 24.9 Å². The summed E-state index contributed by atoms with van der Waals surface area (Å²) >= 11 is 5.30. The number of amides is 2. The van der Waals surface area contributed by atoms with Crippen LogP contribution in [0.15, 0.2) is 36.4 Å². The summed E-state index contributed by atoms with van der Waals surface area (Å²) in [7, 11) is 1.67. The molecule has 2 rings (SSSR count). The number of aryl methyl sites for hydroxylation is 4. The molecular formula is C22H28N4O2S. The van der Waals surface area contributed by atoms with Crippen molar-refractivity contribution >= 4 is 40.5 Å². The topological polar surface area (TPSA) is 73.5 Å². The van der Waals surface area contributed by atoms with Crippen molar-refractivity contribution < 1.29 is 9.59 Å². The predicted molar refractivity (Wildman–Crippen MR) is 122 cm³/mol. The molecule has 0 aliphatic rings. The Hall–Kier alpha value is -2.93. The van der Waals surface area contributed by atoms with Crippen molar-refractivity contribution in [2.24, 2.45) is 0 Å². The van der Waals surface area contributed by atoms with Gasteiger partial charge in [-0.1, -0.05) is 36.4 Å². The Morgan fingerprint density at radius 1 is 0.793 bits per heavy atom. The van der Waals surface area contributed by atoms with Crippen LogP contribution >= 0.6 is 12.2 Å². The number of thiocarbonyl (C=S) groups is 1. The van der Waals surface area contributed by atoms with Crippen LogP contribution in [0, 0.1) is 27.7 Å². The van der Waals surface area contributed by atoms with E-state index in [1.807, 2.05) is 64.1 Å². The van der Waals surface area contributed by atoms with Crippen molar-refractivity contribution in [1.82, 2.24) is 10.2 Å². The third-order valence-corrected chi connectivity index (χ3v) is 5.12. The first kappa shape index (κ1) is 22.4. The van der Waals surface area contributed by atoms with E-state index in [4.69, 9.17) is 12.2 Å². The Morgan fingerprint density at radius 2 is 1.14 bits per heavy atom. The van der Waals surface area contributed by atoms with E-state index in [1.54, 1.807) is 11.9 Å². The van der Waals surface area contributed by atoms with Crippen molar-refractivity contribution in [3.05, 3.63) is 58.7 Å². The van der Waals surface area contributed by atoms with Gasteiger partial charge in [-0.05, 0) is 62.2 Å². The summed E-state index contributed by atoms with van der Waals surface area (Å²) in [6, 6.07) is 11.7. The van der Waals surface area contributed by atoms with Crippen LogP contribution in [-0.2, 0) is 9.59 Å². The number of nitrogens with zero attached hydrogens (tertiary/aromatic N) is 1. The number of benzene rings is 2. The monoisotopic (exact) mass is 412 g/mol. The van der Waals surface area contributed by atoms with Gasteiger partial charge in [-0.2, -0.15) is 0 Å².